The van der Waals surface area contributed by atoms with Gasteiger partial charge in [0, 0.05) is 30.6 Å². The Morgan fingerprint density at radius 3 is 2.43 bits per heavy atom. The van der Waals surface area contributed by atoms with Gasteiger partial charge in [-0.2, -0.15) is 0 Å². The molecule has 0 radical (unpaired) electrons. The highest BCUT2D eigenvalue weighted by atomic mass is 16.6. The molecule has 4 nitrogen and oxygen atoms in total. The van der Waals surface area contributed by atoms with Crippen LogP contribution in [0.4, 0.5) is 0 Å². The van der Waals surface area contributed by atoms with Gasteiger partial charge in [-0.15, -0.1) is 0 Å². The van der Waals surface area contributed by atoms with Crippen molar-refractivity contribution >= 4 is 5.71 Å². The molecule has 0 fully saturated rings. The third kappa shape index (κ3) is 4.67. The van der Waals surface area contributed by atoms with Gasteiger partial charge in [-0.3, -0.25) is 9.97 Å². The van der Waals surface area contributed by atoms with Crippen LogP contribution in [0.25, 0.3) is 0 Å². The third-order valence-corrected chi connectivity index (χ3v) is 2.69. The van der Waals surface area contributed by atoms with E-state index in [1.165, 1.54) is 0 Å². The minimum absolute atomic E-state index is 0.0410. The molecule has 1 aliphatic rings. The molecule has 0 saturated carbocycles. The van der Waals surface area contributed by atoms with E-state index in [0.29, 0.717) is 0 Å². The van der Waals surface area contributed by atoms with Gasteiger partial charge >= 0.3 is 0 Å². The van der Waals surface area contributed by atoms with Crippen LogP contribution in [0.5, 0.6) is 0 Å². The first-order valence-corrected chi connectivity index (χ1v) is 7.47. The number of hydrogen-bond acceptors (Lipinski definition) is 4. The van der Waals surface area contributed by atoms with Gasteiger partial charge < -0.3 is 4.84 Å². The summed E-state index contributed by atoms with van der Waals surface area (Å²) in [6, 6.07) is 9.67. The predicted molar refractivity (Wildman–Crippen MR) is 86.2 cm³/mol. The first-order chi connectivity index (χ1) is 10.4. The lowest BCUT2D eigenvalue weighted by atomic mass is 10.0. The molecule has 0 saturated heterocycles. The van der Waals surface area contributed by atoms with E-state index in [2.05, 4.69) is 15.1 Å². The predicted octanol–water partition coefficient (Wildman–Crippen LogP) is 4.39. The van der Waals surface area contributed by atoms with Crippen LogP contribution in [0, 0.1) is 0 Å². The van der Waals surface area contributed by atoms with Crippen molar-refractivity contribution in [2.45, 2.75) is 40.2 Å². The molecule has 1 aliphatic heterocycles. The number of rotatable bonds is 2. The lowest BCUT2D eigenvalue weighted by molar-refractivity contribution is 0.0855. The highest BCUT2D eigenvalue weighted by molar-refractivity contribution is 5.99. The van der Waals surface area contributed by atoms with Crippen LogP contribution in [-0.4, -0.2) is 15.7 Å². The van der Waals surface area contributed by atoms with Gasteiger partial charge in [0.2, 0.25) is 0 Å². The summed E-state index contributed by atoms with van der Waals surface area (Å²) in [6.45, 7) is 8.00. The Balaban J connectivity index is 0.000000510. The molecule has 21 heavy (non-hydrogen) atoms. The maximum atomic E-state index is 5.41. The summed E-state index contributed by atoms with van der Waals surface area (Å²) in [6.07, 6.45) is 6.01. The summed E-state index contributed by atoms with van der Waals surface area (Å²) in [5.74, 6) is 0. The molecule has 0 spiro atoms. The van der Waals surface area contributed by atoms with Crippen LogP contribution in [0.1, 0.15) is 51.5 Å². The van der Waals surface area contributed by atoms with E-state index in [0.717, 1.165) is 23.4 Å². The Morgan fingerprint density at radius 2 is 1.81 bits per heavy atom. The minimum atomic E-state index is -0.0410. The summed E-state index contributed by atoms with van der Waals surface area (Å²) >= 11 is 0. The first kappa shape index (κ1) is 16.8. The fourth-order valence-electron chi connectivity index (χ4n) is 1.81. The van der Waals surface area contributed by atoms with Crippen LogP contribution >= 0.6 is 0 Å². The van der Waals surface area contributed by atoms with E-state index in [9.17, 15) is 0 Å². The van der Waals surface area contributed by atoms with Crippen molar-refractivity contribution in [1.82, 2.24) is 9.97 Å². The molecule has 2 aromatic heterocycles. The second-order valence-corrected chi connectivity index (χ2v) is 3.84. The number of oxime groups is 1. The van der Waals surface area contributed by atoms with Gasteiger partial charge in [-0.1, -0.05) is 45.0 Å². The SMILES string of the molecule is CC.CC.c1ccc(C2=NOC(c3cccnc3)C2)nc1. The van der Waals surface area contributed by atoms with Gasteiger partial charge in [-0.25, -0.2) is 0 Å². The Labute approximate surface area is 126 Å². The second-order valence-electron chi connectivity index (χ2n) is 3.84. The van der Waals surface area contributed by atoms with E-state index in [1.807, 2.05) is 64.2 Å². The number of nitrogens with zero attached hydrogens (tertiary/aromatic N) is 3. The quantitative estimate of drug-likeness (QED) is 0.822. The minimum Gasteiger partial charge on any atom is -0.387 e. The molecule has 4 heteroatoms. The molecule has 1 unspecified atom stereocenters. The average Bonchev–Trinajstić information content (AvgIpc) is 3.10. The molecule has 0 amide bonds. The molecule has 0 aromatic carbocycles. The summed E-state index contributed by atoms with van der Waals surface area (Å²) in [5, 5.41) is 4.09. The lowest BCUT2D eigenvalue weighted by Crippen LogP contribution is -2.03. The highest BCUT2D eigenvalue weighted by Gasteiger charge is 2.24. The number of hydrogen-bond donors (Lipinski definition) is 0. The Kier molecular flexibility index (Phi) is 7.72. The number of pyridine rings is 2. The van der Waals surface area contributed by atoms with E-state index in [4.69, 9.17) is 4.84 Å². The van der Waals surface area contributed by atoms with Crippen molar-refractivity contribution in [3.8, 4) is 0 Å². The van der Waals surface area contributed by atoms with Gasteiger partial charge in [0.25, 0.3) is 0 Å². The molecule has 1 atom stereocenters. The van der Waals surface area contributed by atoms with Gasteiger partial charge in [-0.05, 0) is 18.2 Å². The zero-order valence-electron chi connectivity index (χ0n) is 13.2. The molecule has 112 valence electrons. The molecular weight excluding hydrogens is 262 g/mol. The molecule has 3 rings (SSSR count). The average molecular weight is 285 g/mol. The van der Waals surface area contributed by atoms with Crippen molar-refractivity contribution < 1.29 is 4.84 Å². The monoisotopic (exact) mass is 285 g/mol. The van der Waals surface area contributed by atoms with Crippen LogP contribution < -0.4 is 0 Å². The van der Waals surface area contributed by atoms with Crippen molar-refractivity contribution in [1.29, 1.82) is 0 Å². The number of aromatic nitrogens is 2. The van der Waals surface area contributed by atoms with Crippen LogP contribution in [-0.2, 0) is 4.84 Å². The van der Waals surface area contributed by atoms with Gasteiger partial charge in [0.1, 0.15) is 5.71 Å². The Hall–Kier alpha value is -2.23. The largest absolute Gasteiger partial charge is 0.387 e. The summed E-state index contributed by atoms with van der Waals surface area (Å²) in [5.41, 5.74) is 2.81. The standard InChI is InChI=1S/C13H11N3O.2C2H6/c1-2-7-15-11(5-1)12-8-13(17-16-12)10-4-3-6-14-9-10;2*1-2/h1-7,9,13H,8H2;2*1-2H3. The fourth-order valence-corrected chi connectivity index (χ4v) is 1.81. The Morgan fingerprint density at radius 1 is 1.00 bits per heavy atom. The second kappa shape index (κ2) is 9.64. The van der Waals surface area contributed by atoms with E-state index >= 15 is 0 Å². The van der Waals surface area contributed by atoms with E-state index in [-0.39, 0.29) is 6.10 Å². The molecule has 2 aromatic rings. The molecular formula is C17H23N3O. The van der Waals surface area contributed by atoms with Gasteiger partial charge in [0.05, 0.1) is 5.69 Å². The fraction of sp³-hybridized carbons (Fsp3) is 0.353. The normalized spacial score (nSPS) is 15.6. The molecule has 0 N–H and O–H groups in total. The van der Waals surface area contributed by atoms with E-state index < -0.39 is 0 Å². The van der Waals surface area contributed by atoms with Crippen molar-refractivity contribution in [2.75, 3.05) is 0 Å². The molecule has 3 heterocycles. The Bertz CT molecular complexity index is 526. The van der Waals surface area contributed by atoms with Crippen molar-refractivity contribution in [3.05, 3.63) is 60.2 Å². The zero-order chi connectivity index (χ0) is 15.5. The maximum absolute atomic E-state index is 5.41. The van der Waals surface area contributed by atoms with Gasteiger partial charge in [0.15, 0.2) is 6.10 Å². The smallest absolute Gasteiger partial charge is 0.159 e. The summed E-state index contributed by atoms with van der Waals surface area (Å²) in [4.78, 5) is 13.8. The first-order valence-electron chi connectivity index (χ1n) is 7.47. The van der Waals surface area contributed by atoms with Crippen LogP contribution in [0.2, 0.25) is 0 Å². The van der Waals surface area contributed by atoms with Crippen molar-refractivity contribution in [3.63, 3.8) is 0 Å². The summed E-state index contributed by atoms with van der Waals surface area (Å²) in [7, 11) is 0. The van der Waals surface area contributed by atoms with E-state index in [1.54, 1.807) is 12.4 Å². The maximum Gasteiger partial charge on any atom is 0.159 e. The third-order valence-electron chi connectivity index (χ3n) is 2.69. The van der Waals surface area contributed by atoms with Crippen LogP contribution in [0.15, 0.2) is 54.1 Å². The topological polar surface area (TPSA) is 47.4 Å². The van der Waals surface area contributed by atoms with Crippen molar-refractivity contribution in [2.24, 2.45) is 5.16 Å². The zero-order valence-corrected chi connectivity index (χ0v) is 13.2. The molecule has 0 bridgehead atoms. The molecule has 0 aliphatic carbocycles. The highest BCUT2D eigenvalue weighted by Crippen LogP contribution is 2.28. The lowest BCUT2D eigenvalue weighted by Gasteiger charge is -2.06. The summed E-state index contributed by atoms with van der Waals surface area (Å²) < 4.78 is 0. The van der Waals surface area contributed by atoms with Crippen LogP contribution in [0.3, 0.4) is 0 Å².